The van der Waals surface area contributed by atoms with E-state index in [-0.39, 0.29) is 31.4 Å². The van der Waals surface area contributed by atoms with E-state index in [1.165, 1.54) is 19.2 Å². The van der Waals surface area contributed by atoms with Crippen molar-refractivity contribution in [2.24, 2.45) is 0 Å². The molecule has 0 unspecified atom stereocenters. The molecule has 0 saturated carbocycles. The number of ether oxygens (including phenoxy) is 3. The van der Waals surface area contributed by atoms with Gasteiger partial charge in [0.15, 0.2) is 6.61 Å². The Bertz CT molecular complexity index is 856. The molecule has 148 valence electrons. The zero-order valence-electron chi connectivity index (χ0n) is 15.0. The van der Waals surface area contributed by atoms with Crippen molar-refractivity contribution in [3.63, 3.8) is 0 Å². The molecule has 1 N–H and O–H groups in total. The third kappa shape index (κ3) is 7.11. The van der Waals surface area contributed by atoms with Crippen molar-refractivity contribution in [1.82, 2.24) is 5.32 Å². The van der Waals surface area contributed by atoms with Crippen LogP contribution in [0.25, 0.3) is 0 Å². The fourth-order valence-electron chi connectivity index (χ4n) is 2.03. The van der Waals surface area contributed by atoms with E-state index in [9.17, 15) is 18.0 Å². The van der Waals surface area contributed by atoms with Crippen molar-refractivity contribution in [3.05, 3.63) is 54.1 Å². The number of carbonyl (C=O) groups is 1. The number of alkyl halides is 3. The smallest absolute Gasteiger partial charge is 0.416 e. The van der Waals surface area contributed by atoms with Crippen LogP contribution in [0.15, 0.2) is 48.5 Å². The van der Waals surface area contributed by atoms with Crippen LogP contribution in [0.2, 0.25) is 0 Å². The maximum absolute atomic E-state index is 12.6. The average Bonchev–Trinajstić information content (AvgIpc) is 2.68. The second-order valence-electron chi connectivity index (χ2n) is 5.41. The molecule has 5 nitrogen and oxygen atoms in total. The molecule has 0 aromatic heterocycles. The second-order valence-corrected chi connectivity index (χ2v) is 5.41. The maximum atomic E-state index is 12.6. The van der Waals surface area contributed by atoms with Gasteiger partial charge in [0.1, 0.15) is 23.9 Å². The number of carbonyl (C=O) groups excluding carboxylic acids is 1. The fraction of sp³-hybridized carbons (Fsp3) is 0.250. The highest BCUT2D eigenvalue weighted by molar-refractivity contribution is 5.77. The minimum atomic E-state index is -4.43. The molecule has 0 bridgehead atoms. The van der Waals surface area contributed by atoms with Gasteiger partial charge >= 0.3 is 6.18 Å². The van der Waals surface area contributed by atoms with Crippen molar-refractivity contribution in [3.8, 4) is 29.1 Å². The van der Waals surface area contributed by atoms with E-state index in [0.717, 1.165) is 12.1 Å². The van der Waals surface area contributed by atoms with Crippen LogP contribution in [0.4, 0.5) is 13.2 Å². The molecule has 2 aromatic carbocycles. The van der Waals surface area contributed by atoms with Gasteiger partial charge in [0.2, 0.25) is 0 Å². The molecule has 2 rings (SSSR count). The first-order valence-electron chi connectivity index (χ1n) is 8.18. The average molecular weight is 393 g/mol. The number of halogens is 3. The molecule has 2 aromatic rings. The van der Waals surface area contributed by atoms with Crippen LogP contribution >= 0.6 is 0 Å². The standard InChI is InChI=1S/C20H18F3NO4/c1-26-16-7-5-9-18(13-16)28-14-19(25)24-10-2-3-11-27-17-8-4-6-15(12-17)20(21,22)23/h4-9,12-13H,10-11,14H2,1H3,(H,24,25). The van der Waals surface area contributed by atoms with Gasteiger partial charge in [0.25, 0.3) is 5.91 Å². The number of hydrogen-bond acceptors (Lipinski definition) is 4. The molecule has 0 aliphatic carbocycles. The van der Waals surface area contributed by atoms with Gasteiger partial charge < -0.3 is 19.5 Å². The monoisotopic (exact) mass is 393 g/mol. The number of benzene rings is 2. The van der Waals surface area contributed by atoms with Crippen molar-refractivity contribution in [2.75, 3.05) is 26.9 Å². The maximum Gasteiger partial charge on any atom is 0.416 e. The Hall–Kier alpha value is -3.34. The number of amides is 1. The van der Waals surface area contributed by atoms with Crippen LogP contribution in [0.5, 0.6) is 17.2 Å². The summed E-state index contributed by atoms with van der Waals surface area (Å²) in [6, 6.07) is 11.4. The van der Waals surface area contributed by atoms with Crippen LogP contribution in [-0.4, -0.2) is 32.8 Å². The zero-order chi connectivity index (χ0) is 20.4. The highest BCUT2D eigenvalue weighted by Gasteiger charge is 2.30. The van der Waals surface area contributed by atoms with Gasteiger partial charge in [-0.25, -0.2) is 0 Å². The summed E-state index contributed by atoms with van der Waals surface area (Å²) < 4.78 is 53.3. The highest BCUT2D eigenvalue weighted by Crippen LogP contribution is 2.31. The molecule has 0 aliphatic rings. The van der Waals surface area contributed by atoms with E-state index >= 15 is 0 Å². The molecule has 28 heavy (non-hydrogen) atoms. The molecule has 1 amide bonds. The predicted molar refractivity (Wildman–Crippen MR) is 96.2 cm³/mol. The largest absolute Gasteiger partial charge is 0.497 e. The predicted octanol–water partition coefficient (Wildman–Crippen LogP) is 3.29. The lowest BCUT2D eigenvalue weighted by atomic mass is 10.2. The summed E-state index contributed by atoms with van der Waals surface area (Å²) in [4.78, 5) is 11.7. The number of nitrogens with one attached hydrogen (secondary N) is 1. The molecule has 0 aliphatic heterocycles. The van der Waals surface area contributed by atoms with Gasteiger partial charge in [0, 0.05) is 6.07 Å². The molecule has 0 radical (unpaired) electrons. The Morgan fingerprint density at radius 2 is 1.68 bits per heavy atom. The molecule has 8 heteroatoms. The summed E-state index contributed by atoms with van der Waals surface area (Å²) in [5, 5.41) is 2.54. The number of rotatable bonds is 7. The van der Waals surface area contributed by atoms with E-state index in [1.807, 2.05) is 0 Å². The lowest BCUT2D eigenvalue weighted by molar-refractivity contribution is -0.137. The first kappa shape index (κ1) is 21.0. The SMILES string of the molecule is COc1cccc(OCC(=O)NCC#CCOc2cccc(C(F)(F)F)c2)c1. The van der Waals surface area contributed by atoms with Gasteiger partial charge in [-0.05, 0) is 30.3 Å². The van der Waals surface area contributed by atoms with E-state index in [2.05, 4.69) is 17.2 Å². The van der Waals surface area contributed by atoms with Crippen LogP contribution < -0.4 is 19.5 Å². The molecule has 0 fully saturated rings. The second kappa shape index (κ2) is 10.1. The van der Waals surface area contributed by atoms with Crippen LogP contribution in [-0.2, 0) is 11.0 Å². The Morgan fingerprint density at radius 1 is 1.00 bits per heavy atom. The highest BCUT2D eigenvalue weighted by atomic mass is 19.4. The van der Waals surface area contributed by atoms with E-state index < -0.39 is 11.7 Å². The minimum Gasteiger partial charge on any atom is -0.497 e. The van der Waals surface area contributed by atoms with Crippen LogP contribution in [0, 0.1) is 11.8 Å². The quantitative estimate of drug-likeness (QED) is 0.734. The summed E-state index contributed by atoms with van der Waals surface area (Å²) in [5.74, 6) is 6.07. The third-order valence-electron chi connectivity index (χ3n) is 3.38. The molecule has 0 heterocycles. The number of methoxy groups -OCH3 is 1. The summed E-state index contributed by atoms with van der Waals surface area (Å²) in [6.45, 7) is -0.223. The fourth-order valence-corrected chi connectivity index (χ4v) is 2.03. The Morgan fingerprint density at radius 3 is 2.39 bits per heavy atom. The van der Waals surface area contributed by atoms with Crippen molar-refractivity contribution in [1.29, 1.82) is 0 Å². The molecule has 0 saturated heterocycles. The van der Waals surface area contributed by atoms with Crippen LogP contribution in [0.3, 0.4) is 0 Å². The summed E-state index contributed by atoms with van der Waals surface area (Å²) in [6.07, 6.45) is -4.43. The molecule has 0 spiro atoms. The lowest BCUT2D eigenvalue weighted by Crippen LogP contribution is -2.29. The van der Waals surface area contributed by atoms with Crippen molar-refractivity contribution in [2.45, 2.75) is 6.18 Å². The minimum absolute atomic E-state index is 0.0618. The lowest BCUT2D eigenvalue weighted by Gasteiger charge is -2.08. The topological polar surface area (TPSA) is 56.8 Å². The summed E-state index contributed by atoms with van der Waals surface area (Å²) in [5.41, 5.74) is -0.791. The Labute approximate surface area is 160 Å². The van der Waals surface area contributed by atoms with Crippen molar-refractivity contribution < 1.29 is 32.2 Å². The first-order chi connectivity index (χ1) is 13.4. The van der Waals surface area contributed by atoms with Crippen molar-refractivity contribution >= 4 is 5.91 Å². The van der Waals surface area contributed by atoms with Gasteiger partial charge in [-0.3, -0.25) is 4.79 Å². The third-order valence-corrected chi connectivity index (χ3v) is 3.38. The van der Waals surface area contributed by atoms with Gasteiger partial charge in [-0.15, -0.1) is 0 Å². The van der Waals surface area contributed by atoms with E-state index in [0.29, 0.717) is 11.5 Å². The zero-order valence-corrected chi connectivity index (χ0v) is 15.0. The van der Waals surface area contributed by atoms with Gasteiger partial charge in [0.05, 0.1) is 19.2 Å². The van der Waals surface area contributed by atoms with Crippen LogP contribution in [0.1, 0.15) is 5.56 Å². The molecular weight excluding hydrogens is 375 g/mol. The Balaban J connectivity index is 1.68. The normalized spacial score (nSPS) is 10.4. The molecular formula is C20H18F3NO4. The Kier molecular flexibility index (Phi) is 7.57. The van der Waals surface area contributed by atoms with Gasteiger partial charge in [-0.1, -0.05) is 24.0 Å². The van der Waals surface area contributed by atoms with E-state index in [1.54, 1.807) is 24.3 Å². The first-order valence-corrected chi connectivity index (χ1v) is 8.18. The molecule has 0 atom stereocenters. The number of hydrogen-bond donors (Lipinski definition) is 1. The van der Waals surface area contributed by atoms with Gasteiger partial charge in [-0.2, -0.15) is 13.2 Å². The summed E-state index contributed by atoms with van der Waals surface area (Å²) >= 11 is 0. The van der Waals surface area contributed by atoms with E-state index in [4.69, 9.17) is 14.2 Å². The summed E-state index contributed by atoms with van der Waals surface area (Å²) in [7, 11) is 1.53.